The lowest BCUT2D eigenvalue weighted by Crippen LogP contribution is -1.82. The number of aromatic nitrogens is 1. The maximum absolute atomic E-state index is 9.79. The van der Waals surface area contributed by atoms with Crippen molar-refractivity contribution in [3.8, 4) is 5.75 Å². The number of phenolic OH excluding ortho intramolecular Hbond substituents is 1. The fraction of sp³-hybridized carbons (Fsp3) is 0. The van der Waals surface area contributed by atoms with Crippen molar-refractivity contribution in [3.05, 3.63) is 70.3 Å². The second-order valence-corrected chi connectivity index (χ2v) is 5.38. The Labute approximate surface area is 125 Å². The van der Waals surface area contributed by atoms with E-state index in [2.05, 4.69) is 20.9 Å². The zero-order valence-electron chi connectivity index (χ0n) is 10.6. The van der Waals surface area contributed by atoms with E-state index in [9.17, 15) is 5.11 Å². The normalized spacial score (nSPS) is 11.2. The number of rotatable bonds is 2. The van der Waals surface area contributed by atoms with Gasteiger partial charge in [0.2, 0.25) is 0 Å². The number of nitrogens with zero attached hydrogens (tertiary/aromatic N) is 1. The van der Waals surface area contributed by atoms with Gasteiger partial charge in [0.15, 0.2) is 0 Å². The van der Waals surface area contributed by atoms with Crippen molar-refractivity contribution in [2.75, 3.05) is 0 Å². The lowest BCUT2D eigenvalue weighted by atomic mass is 10.1. The van der Waals surface area contributed by atoms with Crippen LogP contribution in [0.1, 0.15) is 11.3 Å². The third-order valence-electron chi connectivity index (χ3n) is 3.04. The highest BCUT2D eigenvalue weighted by Gasteiger charge is 1.99. The third kappa shape index (κ3) is 2.73. The molecular weight excluding hydrogens is 314 g/mol. The largest absolute Gasteiger partial charge is 0.507 e. The van der Waals surface area contributed by atoms with E-state index in [4.69, 9.17) is 0 Å². The van der Waals surface area contributed by atoms with Gasteiger partial charge in [0.25, 0.3) is 0 Å². The number of halogens is 1. The molecule has 2 aromatic carbocycles. The summed E-state index contributed by atoms with van der Waals surface area (Å²) in [6.07, 6.45) is 3.76. The molecule has 0 atom stereocenters. The number of hydrogen-bond acceptors (Lipinski definition) is 2. The van der Waals surface area contributed by atoms with E-state index in [0.717, 1.165) is 26.6 Å². The highest BCUT2D eigenvalue weighted by molar-refractivity contribution is 9.10. The van der Waals surface area contributed by atoms with Crippen LogP contribution in [0.4, 0.5) is 0 Å². The Morgan fingerprint density at radius 1 is 0.950 bits per heavy atom. The Morgan fingerprint density at radius 2 is 1.80 bits per heavy atom. The molecule has 0 saturated carbocycles. The number of pyridine rings is 1. The lowest BCUT2D eigenvalue weighted by molar-refractivity contribution is 0.474. The average molecular weight is 326 g/mol. The molecule has 1 N–H and O–H groups in total. The molecule has 0 radical (unpaired) electrons. The van der Waals surface area contributed by atoms with Crippen molar-refractivity contribution in [2.45, 2.75) is 0 Å². The molecule has 0 saturated heterocycles. The summed E-state index contributed by atoms with van der Waals surface area (Å²) in [5.74, 6) is 0.255. The monoisotopic (exact) mass is 325 g/mol. The summed E-state index contributed by atoms with van der Waals surface area (Å²) in [5.41, 5.74) is 2.59. The van der Waals surface area contributed by atoms with Crippen molar-refractivity contribution < 1.29 is 5.11 Å². The molecule has 3 rings (SSSR count). The molecule has 0 aliphatic heterocycles. The Kier molecular flexibility index (Phi) is 3.52. The molecule has 2 nitrogen and oxygen atoms in total. The number of fused-ring (bicyclic) bond motifs is 1. The molecule has 1 aromatic heterocycles. The maximum atomic E-state index is 9.79. The fourth-order valence-corrected chi connectivity index (χ4v) is 2.39. The standard InChI is InChI=1S/C17H12BrNO/c18-14-7-10-17(20)13(11-14)6-9-15-8-5-12-3-1-2-4-16(12)19-15/h1-11,20H/b9-6+. The van der Waals surface area contributed by atoms with Gasteiger partial charge in [-0.3, -0.25) is 0 Å². The number of hydrogen-bond donors (Lipinski definition) is 1. The highest BCUT2D eigenvalue weighted by Crippen LogP contribution is 2.24. The van der Waals surface area contributed by atoms with Crippen LogP contribution in [0.15, 0.2) is 59.1 Å². The van der Waals surface area contributed by atoms with Crippen LogP contribution in [0.3, 0.4) is 0 Å². The van der Waals surface area contributed by atoms with E-state index >= 15 is 0 Å². The average Bonchev–Trinajstić information content (AvgIpc) is 2.48. The topological polar surface area (TPSA) is 33.1 Å². The van der Waals surface area contributed by atoms with Gasteiger partial charge in [-0.1, -0.05) is 40.2 Å². The van der Waals surface area contributed by atoms with Crippen LogP contribution in [0.5, 0.6) is 5.75 Å². The van der Waals surface area contributed by atoms with Gasteiger partial charge in [0.1, 0.15) is 5.75 Å². The van der Waals surface area contributed by atoms with Gasteiger partial charge in [-0.15, -0.1) is 0 Å². The first-order valence-electron chi connectivity index (χ1n) is 6.25. The molecule has 98 valence electrons. The second-order valence-electron chi connectivity index (χ2n) is 4.47. The van der Waals surface area contributed by atoms with Gasteiger partial charge in [-0.05, 0) is 42.5 Å². The summed E-state index contributed by atoms with van der Waals surface area (Å²) in [6, 6.07) is 17.4. The van der Waals surface area contributed by atoms with Gasteiger partial charge in [0.05, 0.1) is 11.2 Å². The molecule has 0 aliphatic carbocycles. The molecular formula is C17H12BrNO. The summed E-state index contributed by atoms with van der Waals surface area (Å²) in [6.45, 7) is 0. The van der Waals surface area contributed by atoms with Crippen molar-refractivity contribution in [1.29, 1.82) is 0 Å². The molecule has 0 fully saturated rings. The summed E-state index contributed by atoms with van der Waals surface area (Å²) in [5, 5.41) is 10.9. The number of aromatic hydroxyl groups is 1. The van der Waals surface area contributed by atoms with Crippen LogP contribution in [-0.4, -0.2) is 10.1 Å². The minimum Gasteiger partial charge on any atom is -0.507 e. The van der Waals surface area contributed by atoms with Crippen molar-refractivity contribution in [2.24, 2.45) is 0 Å². The minimum absolute atomic E-state index is 0.255. The van der Waals surface area contributed by atoms with Crippen molar-refractivity contribution in [1.82, 2.24) is 4.98 Å². The summed E-state index contributed by atoms with van der Waals surface area (Å²) < 4.78 is 0.932. The zero-order chi connectivity index (χ0) is 13.9. The van der Waals surface area contributed by atoms with Gasteiger partial charge >= 0.3 is 0 Å². The molecule has 0 aliphatic rings. The molecule has 0 unspecified atom stereocenters. The Hall–Kier alpha value is -2.13. The first-order chi connectivity index (χ1) is 9.72. The van der Waals surface area contributed by atoms with Crippen LogP contribution >= 0.6 is 15.9 Å². The smallest absolute Gasteiger partial charge is 0.122 e. The zero-order valence-corrected chi connectivity index (χ0v) is 12.2. The van der Waals surface area contributed by atoms with Crippen molar-refractivity contribution in [3.63, 3.8) is 0 Å². The first-order valence-corrected chi connectivity index (χ1v) is 7.04. The third-order valence-corrected chi connectivity index (χ3v) is 3.54. The minimum atomic E-state index is 0.255. The summed E-state index contributed by atoms with van der Waals surface area (Å²) >= 11 is 3.39. The number of benzene rings is 2. The molecule has 0 spiro atoms. The SMILES string of the molecule is Oc1ccc(Br)cc1/C=C/c1ccc2ccccc2n1. The number of phenols is 1. The van der Waals surface area contributed by atoms with E-state index in [-0.39, 0.29) is 5.75 Å². The predicted molar refractivity (Wildman–Crippen MR) is 86.5 cm³/mol. The van der Waals surface area contributed by atoms with Crippen LogP contribution < -0.4 is 0 Å². The predicted octanol–water partition coefficient (Wildman–Crippen LogP) is 4.87. The molecule has 20 heavy (non-hydrogen) atoms. The van der Waals surface area contributed by atoms with Crippen LogP contribution in [-0.2, 0) is 0 Å². The van der Waals surface area contributed by atoms with Gasteiger partial charge < -0.3 is 5.11 Å². The van der Waals surface area contributed by atoms with E-state index in [1.807, 2.05) is 54.6 Å². The van der Waals surface area contributed by atoms with E-state index in [1.165, 1.54) is 0 Å². The molecule has 3 aromatic rings. The van der Waals surface area contributed by atoms with Crippen LogP contribution in [0.25, 0.3) is 23.1 Å². The highest BCUT2D eigenvalue weighted by atomic mass is 79.9. The quantitative estimate of drug-likeness (QED) is 0.728. The van der Waals surface area contributed by atoms with Gasteiger partial charge in [-0.2, -0.15) is 0 Å². The fourth-order valence-electron chi connectivity index (χ4n) is 2.01. The van der Waals surface area contributed by atoms with Gasteiger partial charge in [-0.25, -0.2) is 4.98 Å². The Morgan fingerprint density at radius 3 is 2.70 bits per heavy atom. The Bertz CT molecular complexity index is 796. The molecule has 0 bridgehead atoms. The van der Waals surface area contributed by atoms with Crippen molar-refractivity contribution >= 4 is 39.0 Å². The van der Waals surface area contributed by atoms with E-state index in [1.54, 1.807) is 12.1 Å². The van der Waals surface area contributed by atoms with Crippen LogP contribution in [0.2, 0.25) is 0 Å². The first kappa shape index (κ1) is 12.9. The lowest BCUT2D eigenvalue weighted by Gasteiger charge is -2.01. The van der Waals surface area contributed by atoms with Gasteiger partial charge in [0, 0.05) is 15.4 Å². The summed E-state index contributed by atoms with van der Waals surface area (Å²) in [4.78, 5) is 4.56. The second kappa shape index (κ2) is 5.47. The molecule has 0 amide bonds. The molecule has 3 heteroatoms. The number of para-hydroxylation sites is 1. The molecule has 1 heterocycles. The summed E-state index contributed by atoms with van der Waals surface area (Å²) in [7, 11) is 0. The van der Waals surface area contributed by atoms with Crippen LogP contribution in [0, 0.1) is 0 Å². The Balaban J connectivity index is 1.96. The van der Waals surface area contributed by atoms with E-state index < -0.39 is 0 Å². The van der Waals surface area contributed by atoms with E-state index in [0.29, 0.717) is 0 Å². The maximum Gasteiger partial charge on any atom is 0.122 e.